The van der Waals surface area contributed by atoms with Crippen LogP contribution in [0.1, 0.15) is 35.3 Å². The number of thiazole rings is 1. The van der Waals surface area contributed by atoms with Crippen LogP contribution in [-0.4, -0.2) is 33.3 Å². The summed E-state index contributed by atoms with van der Waals surface area (Å²) in [6.45, 7) is 3.33. The third kappa shape index (κ3) is 2.06. The maximum atomic E-state index is 12.4. The average Bonchev–Trinajstić information content (AvgIpc) is 2.82. The molecule has 0 unspecified atom stereocenters. The van der Waals surface area contributed by atoms with Crippen molar-refractivity contribution in [1.29, 1.82) is 0 Å². The van der Waals surface area contributed by atoms with Crippen molar-refractivity contribution in [3.05, 3.63) is 33.2 Å². The first-order valence-electron chi connectivity index (χ1n) is 6.43. The monoisotopic (exact) mass is 277 g/mol. The third-order valence-corrected chi connectivity index (χ3v) is 4.45. The van der Waals surface area contributed by atoms with Gasteiger partial charge in [-0.15, -0.1) is 11.3 Å². The zero-order chi connectivity index (χ0) is 13.4. The number of carbonyl (C=O) groups excluding carboxylic acids is 1. The molecule has 3 rings (SSSR count). The lowest BCUT2D eigenvalue weighted by molar-refractivity contribution is 0.0722. The smallest absolute Gasteiger partial charge is 0.271 e. The molecular formula is C13H15N3O2S. The highest BCUT2D eigenvalue weighted by Crippen LogP contribution is 2.14. The van der Waals surface area contributed by atoms with Crippen LogP contribution in [0.4, 0.5) is 0 Å². The summed E-state index contributed by atoms with van der Waals surface area (Å²) in [6, 6.07) is 0. The number of rotatable bonds is 1. The molecule has 1 fully saturated rings. The molecule has 0 bridgehead atoms. The van der Waals surface area contributed by atoms with Crippen LogP contribution in [0.15, 0.2) is 16.4 Å². The van der Waals surface area contributed by atoms with Crippen molar-refractivity contribution in [2.45, 2.75) is 26.2 Å². The van der Waals surface area contributed by atoms with Crippen molar-refractivity contribution in [2.75, 3.05) is 13.1 Å². The number of aromatic nitrogens is 2. The van der Waals surface area contributed by atoms with E-state index in [1.165, 1.54) is 21.9 Å². The van der Waals surface area contributed by atoms with Crippen LogP contribution in [-0.2, 0) is 0 Å². The number of likely N-dealkylation sites (tertiary alicyclic amines) is 1. The van der Waals surface area contributed by atoms with Gasteiger partial charge >= 0.3 is 0 Å². The Morgan fingerprint density at radius 2 is 2.05 bits per heavy atom. The van der Waals surface area contributed by atoms with Gasteiger partial charge < -0.3 is 4.90 Å². The summed E-state index contributed by atoms with van der Waals surface area (Å²) >= 11 is 1.41. The molecule has 5 nitrogen and oxygen atoms in total. The number of hydrogen-bond donors (Lipinski definition) is 0. The molecule has 0 saturated carbocycles. The van der Waals surface area contributed by atoms with Gasteiger partial charge in [-0.25, -0.2) is 4.98 Å². The fourth-order valence-electron chi connectivity index (χ4n) is 2.44. The molecule has 19 heavy (non-hydrogen) atoms. The molecule has 1 aliphatic heterocycles. The highest BCUT2D eigenvalue weighted by Gasteiger charge is 2.22. The van der Waals surface area contributed by atoms with Crippen LogP contribution < -0.4 is 5.56 Å². The first-order valence-corrected chi connectivity index (χ1v) is 7.31. The predicted octanol–water partition coefficient (Wildman–Crippen LogP) is 1.69. The van der Waals surface area contributed by atoms with E-state index < -0.39 is 0 Å². The summed E-state index contributed by atoms with van der Waals surface area (Å²) in [5.74, 6) is -0.183. The standard InChI is InChI=1S/C13H15N3O2S/c1-9-8-19-13-14-7-10(12(18)16(9)13)11(17)15-5-3-2-4-6-15/h7-8H,2-6H2,1H3. The summed E-state index contributed by atoms with van der Waals surface area (Å²) < 4.78 is 1.52. The molecule has 0 radical (unpaired) electrons. The van der Waals surface area contributed by atoms with E-state index in [4.69, 9.17) is 0 Å². The van der Waals surface area contributed by atoms with Crippen LogP contribution in [0.25, 0.3) is 4.96 Å². The topological polar surface area (TPSA) is 54.7 Å². The molecule has 0 aromatic carbocycles. The first-order chi connectivity index (χ1) is 9.18. The Balaban J connectivity index is 2.05. The maximum Gasteiger partial charge on any atom is 0.271 e. The number of aryl methyl sites for hydroxylation is 1. The van der Waals surface area contributed by atoms with E-state index in [-0.39, 0.29) is 17.0 Å². The molecule has 1 aliphatic rings. The lowest BCUT2D eigenvalue weighted by atomic mass is 10.1. The minimum atomic E-state index is -0.251. The largest absolute Gasteiger partial charge is 0.338 e. The van der Waals surface area contributed by atoms with E-state index >= 15 is 0 Å². The molecular weight excluding hydrogens is 262 g/mol. The highest BCUT2D eigenvalue weighted by atomic mass is 32.1. The molecule has 0 N–H and O–H groups in total. The van der Waals surface area contributed by atoms with Gasteiger partial charge in [0.2, 0.25) is 0 Å². The SMILES string of the molecule is Cc1csc2ncc(C(=O)N3CCCCC3)c(=O)n12. The molecule has 0 atom stereocenters. The Kier molecular flexibility index (Phi) is 3.10. The molecule has 3 heterocycles. The second kappa shape index (κ2) is 4.77. The third-order valence-electron chi connectivity index (χ3n) is 3.49. The summed E-state index contributed by atoms with van der Waals surface area (Å²) in [7, 11) is 0. The molecule has 0 aliphatic carbocycles. The lowest BCUT2D eigenvalue weighted by Gasteiger charge is -2.26. The van der Waals surface area contributed by atoms with Gasteiger partial charge in [-0.3, -0.25) is 14.0 Å². The summed E-state index contributed by atoms with van der Waals surface area (Å²) in [5.41, 5.74) is 0.756. The number of amides is 1. The van der Waals surface area contributed by atoms with Gasteiger partial charge in [0.1, 0.15) is 5.56 Å². The van der Waals surface area contributed by atoms with E-state index in [1.54, 1.807) is 4.90 Å². The van der Waals surface area contributed by atoms with Gasteiger partial charge in [0.05, 0.1) is 0 Å². The molecule has 1 saturated heterocycles. The Bertz CT molecular complexity index is 683. The minimum absolute atomic E-state index is 0.181. The molecule has 2 aromatic rings. The number of carbonyl (C=O) groups is 1. The Morgan fingerprint density at radius 3 is 2.79 bits per heavy atom. The van der Waals surface area contributed by atoms with Crippen LogP contribution in [0, 0.1) is 6.92 Å². The minimum Gasteiger partial charge on any atom is -0.338 e. The molecule has 1 amide bonds. The second-order valence-corrected chi connectivity index (χ2v) is 5.66. The van der Waals surface area contributed by atoms with E-state index in [0.717, 1.165) is 38.0 Å². The van der Waals surface area contributed by atoms with Crippen LogP contribution in [0.3, 0.4) is 0 Å². The van der Waals surface area contributed by atoms with E-state index in [9.17, 15) is 9.59 Å². The fourth-order valence-corrected chi connectivity index (χ4v) is 3.27. The van der Waals surface area contributed by atoms with Crippen molar-refractivity contribution < 1.29 is 4.79 Å². The summed E-state index contributed by atoms with van der Waals surface area (Å²) in [4.78, 5) is 31.4. The van der Waals surface area contributed by atoms with Gasteiger partial charge in [-0.05, 0) is 26.2 Å². The van der Waals surface area contributed by atoms with Crippen LogP contribution in [0.2, 0.25) is 0 Å². The van der Waals surface area contributed by atoms with E-state index in [2.05, 4.69) is 4.98 Å². The zero-order valence-corrected chi connectivity index (χ0v) is 11.6. The van der Waals surface area contributed by atoms with Crippen molar-refractivity contribution >= 4 is 22.2 Å². The zero-order valence-electron chi connectivity index (χ0n) is 10.8. The van der Waals surface area contributed by atoms with Crippen molar-refractivity contribution in [3.8, 4) is 0 Å². The van der Waals surface area contributed by atoms with Crippen LogP contribution in [0.5, 0.6) is 0 Å². The molecule has 0 spiro atoms. The van der Waals surface area contributed by atoms with E-state index in [0.29, 0.717) is 4.96 Å². The maximum absolute atomic E-state index is 12.4. The molecule has 100 valence electrons. The number of hydrogen-bond acceptors (Lipinski definition) is 4. The highest BCUT2D eigenvalue weighted by molar-refractivity contribution is 7.15. The Labute approximate surface area is 114 Å². The second-order valence-electron chi connectivity index (χ2n) is 4.82. The summed E-state index contributed by atoms with van der Waals surface area (Å²) in [6.07, 6.45) is 4.61. The summed E-state index contributed by atoms with van der Waals surface area (Å²) in [5, 5.41) is 1.87. The van der Waals surface area contributed by atoms with Crippen LogP contribution >= 0.6 is 11.3 Å². The lowest BCUT2D eigenvalue weighted by Crippen LogP contribution is -2.39. The average molecular weight is 277 g/mol. The van der Waals surface area contributed by atoms with E-state index in [1.807, 2.05) is 12.3 Å². The van der Waals surface area contributed by atoms with Gasteiger partial charge in [-0.2, -0.15) is 0 Å². The first kappa shape index (κ1) is 12.3. The fraction of sp³-hybridized carbons (Fsp3) is 0.462. The predicted molar refractivity (Wildman–Crippen MR) is 73.8 cm³/mol. The van der Waals surface area contributed by atoms with Crippen molar-refractivity contribution in [3.63, 3.8) is 0 Å². The Hall–Kier alpha value is -1.69. The van der Waals surface area contributed by atoms with Crippen molar-refractivity contribution in [1.82, 2.24) is 14.3 Å². The van der Waals surface area contributed by atoms with Crippen molar-refractivity contribution in [2.24, 2.45) is 0 Å². The van der Waals surface area contributed by atoms with Gasteiger partial charge in [-0.1, -0.05) is 0 Å². The molecule has 2 aromatic heterocycles. The molecule has 6 heteroatoms. The normalized spacial score (nSPS) is 15.9. The van der Waals surface area contributed by atoms with Gasteiger partial charge in [0.25, 0.3) is 11.5 Å². The van der Waals surface area contributed by atoms with Gasteiger partial charge in [0.15, 0.2) is 4.96 Å². The number of piperidine rings is 1. The number of nitrogens with zero attached hydrogens (tertiary/aromatic N) is 3. The van der Waals surface area contributed by atoms with Gasteiger partial charge in [0, 0.05) is 30.4 Å². The quantitative estimate of drug-likeness (QED) is 0.797. The Morgan fingerprint density at radius 1 is 1.32 bits per heavy atom. The number of fused-ring (bicyclic) bond motifs is 1.